The van der Waals surface area contributed by atoms with Gasteiger partial charge in [0.15, 0.2) is 5.13 Å². The third kappa shape index (κ3) is 5.32. The molecule has 0 fully saturated rings. The van der Waals surface area contributed by atoms with E-state index in [1.807, 2.05) is 13.0 Å². The zero-order chi connectivity index (χ0) is 20.3. The van der Waals surface area contributed by atoms with Gasteiger partial charge in [0.05, 0.1) is 10.2 Å². The number of nitrogens with zero attached hydrogens (tertiary/aromatic N) is 3. The zero-order valence-corrected chi connectivity index (χ0v) is 18.9. The molecule has 4 nitrogen and oxygen atoms in total. The number of amides is 1. The van der Waals surface area contributed by atoms with Crippen molar-refractivity contribution in [2.45, 2.75) is 27.7 Å². The summed E-state index contributed by atoms with van der Waals surface area (Å²) in [4.78, 5) is 22.0. The molecule has 0 atom stereocenters. The van der Waals surface area contributed by atoms with Crippen LogP contribution in [0.4, 0.5) is 9.52 Å². The SMILES string of the molecule is CCN(CC)CCN(C(=O)c1ccc(F)cc1)c1nc2cc(C)cc(C)c2s1.Cl. The van der Waals surface area contributed by atoms with Crippen LogP contribution in [0.25, 0.3) is 10.2 Å². The average Bonchev–Trinajstić information content (AvgIpc) is 3.09. The Morgan fingerprint density at radius 2 is 1.72 bits per heavy atom. The Hall–Kier alpha value is -2.02. The minimum atomic E-state index is -0.350. The number of aryl methyl sites for hydroxylation is 2. The molecule has 0 spiro atoms. The number of aromatic nitrogens is 1. The summed E-state index contributed by atoms with van der Waals surface area (Å²) in [7, 11) is 0. The van der Waals surface area contributed by atoms with Crippen molar-refractivity contribution in [3.05, 3.63) is 58.9 Å². The Morgan fingerprint density at radius 1 is 1.07 bits per heavy atom. The predicted octanol–water partition coefficient (Wildman–Crippen LogP) is 5.46. The number of anilines is 1. The molecule has 0 aliphatic rings. The number of benzene rings is 2. The number of thiazole rings is 1. The highest BCUT2D eigenvalue weighted by Crippen LogP contribution is 2.32. The summed E-state index contributed by atoms with van der Waals surface area (Å²) in [5.74, 6) is -0.502. The number of carbonyl (C=O) groups is 1. The Bertz CT molecular complexity index is 970. The van der Waals surface area contributed by atoms with E-state index in [4.69, 9.17) is 4.98 Å². The van der Waals surface area contributed by atoms with Crippen LogP contribution in [0, 0.1) is 19.7 Å². The van der Waals surface area contributed by atoms with Gasteiger partial charge in [-0.05, 0) is 68.4 Å². The number of likely N-dealkylation sites (N-methyl/N-ethyl adjacent to an activating group) is 1. The van der Waals surface area contributed by atoms with Crippen LogP contribution in [0.3, 0.4) is 0 Å². The van der Waals surface area contributed by atoms with Gasteiger partial charge in [-0.2, -0.15) is 0 Å². The molecule has 7 heteroatoms. The van der Waals surface area contributed by atoms with E-state index in [0.29, 0.717) is 17.2 Å². The molecular formula is C22H27ClFN3OS. The van der Waals surface area contributed by atoms with E-state index in [1.165, 1.54) is 35.6 Å². The van der Waals surface area contributed by atoms with Crippen molar-refractivity contribution in [1.29, 1.82) is 0 Å². The third-order valence-electron chi connectivity index (χ3n) is 4.91. The van der Waals surface area contributed by atoms with Gasteiger partial charge in [-0.15, -0.1) is 12.4 Å². The lowest BCUT2D eigenvalue weighted by Crippen LogP contribution is -2.38. The Morgan fingerprint density at radius 3 is 2.34 bits per heavy atom. The fourth-order valence-electron chi connectivity index (χ4n) is 3.29. The van der Waals surface area contributed by atoms with Crippen molar-refractivity contribution in [3.63, 3.8) is 0 Å². The lowest BCUT2D eigenvalue weighted by atomic mass is 10.1. The van der Waals surface area contributed by atoms with Crippen molar-refractivity contribution in [2.24, 2.45) is 0 Å². The van der Waals surface area contributed by atoms with Crippen molar-refractivity contribution in [3.8, 4) is 0 Å². The van der Waals surface area contributed by atoms with Gasteiger partial charge in [-0.1, -0.05) is 31.3 Å². The Kier molecular flexibility index (Phi) is 8.14. The van der Waals surface area contributed by atoms with Gasteiger partial charge in [0.2, 0.25) is 0 Å². The highest BCUT2D eigenvalue weighted by molar-refractivity contribution is 7.22. The molecule has 1 aromatic heterocycles. The summed E-state index contributed by atoms with van der Waals surface area (Å²) >= 11 is 1.54. The molecule has 0 N–H and O–H groups in total. The van der Waals surface area contributed by atoms with Gasteiger partial charge in [0.25, 0.3) is 5.91 Å². The van der Waals surface area contributed by atoms with Crippen molar-refractivity contribution < 1.29 is 9.18 Å². The van der Waals surface area contributed by atoms with Crippen LogP contribution in [0.2, 0.25) is 0 Å². The number of rotatable bonds is 7. The number of hydrogen-bond donors (Lipinski definition) is 0. The second-order valence-corrected chi connectivity index (χ2v) is 7.89. The number of fused-ring (bicyclic) bond motifs is 1. The number of hydrogen-bond acceptors (Lipinski definition) is 4. The van der Waals surface area contributed by atoms with Crippen LogP contribution in [0.5, 0.6) is 0 Å². The van der Waals surface area contributed by atoms with E-state index in [2.05, 4.69) is 31.7 Å². The monoisotopic (exact) mass is 435 g/mol. The molecule has 3 rings (SSSR count). The van der Waals surface area contributed by atoms with Gasteiger partial charge < -0.3 is 4.90 Å². The van der Waals surface area contributed by atoms with E-state index in [0.717, 1.165) is 41.0 Å². The van der Waals surface area contributed by atoms with Crippen LogP contribution < -0.4 is 4.90 Å². The van der Waals surface area contributed by atoms with Crippen LogP contribution in [-0.2, 0) is 0 Å². The largest absolute Gasteiger partial charge is 0.302 e. The van der Waals surface area contributed by atoms with Gasteiger partial charge in [0.1, 0.15) is 5.82 Å². The predicted molar refractivity (Wildman–Crippen MR) is 122 cm³/mol. The van der Waals surface area contributed by atoms with Crippen LogP contribution in [0.1, 0.15) is 35.3 Å². The third-order valence-corrected chi connectivity index (χ3v) is 6.14. The highest BCUT2D eigenvalue weighted by Gasteiger charge is 2.22. The maximum absolute atomic E-state index is 13.3. The van der Waals surface area contributed by atoms with E-state index >= 15 is 0 Å². The van der Waals surface area contributed by atoms with Crippen LogP contribution in [-0.4, -0.2) is 42.0 Å². The Balaban J connectivity index is 0.00000300. The van der Waals surface area contributed by atoms with E-state index < -0.39 is 0 Å². The Labute approximate surface area is 181 Å². The van der Waals surface area contributed by atoms with Crippen molar-refractivity contribution >= 4 is 45.0 Å². The van der Waals surface area contributed by atoms with E-state index in [1.54, 1.807) is 4.90 Å². The molecule has 1 amide bonds. The standard InChI is InChI=1S/C22H26FN3OS.ClH/c1-5-25(6-2)11-12-26(21(27)17-7-9-18(23)10-8-17)22-24-19-14-15(3)13-16(4)20(19)28-22;/h7-10,13-14H,5-6,11-12H2,1-4H3;1H. The molecule has 29 heavy (non-hydrogen) atoms. The van der Waals surface area contributed by atoms with Gasteiger partial charge in [-0.25, -0.2) is 9.37 Å². The lowest BCUT2D eigenvalue weighted by Gasteiger charge is -2.24. The van der Waals surface area contributed by atoms with E-state index in [-0.39, 0.29) is 24.1 Å². The molecule has 0 saturated heterocycles. The fourth-order valence-corrected chi connectivity index (χ4v) is 4.33. The van der Waals surface area contributed by atoms with E-state index in [9.17, 15) is 9.18 Å². The maximum Gasteiger partial charge on any atom is 0.260 e. The summed E-state index contributed by atoms with van der Waals surface area (Å²) in [5, 5.41) is 0.685. The molecule has 156 valence electrons. The minimum Gasteiger partial charge on any atom is -0.302 e. The zero-order valence-electron chi connectivity index (χ0n) is 17.2. The number of halogens is 2. The topological polar surface area (TPSA) is 36.4 Å². The first-order valence-corrected chi connectivity index (χ1v) is 10.4. The second kappa shape index (κ2) is 10.1. The first-order chi connectivity index (χ1) is 13.4. The number of carbonyl (C=O) groups excluding carboxylic acids is 1. The first kappa shape index (κ1) is 23.3. The summed E-state index contributed by atoms with van der Waals surface area (Å²) in [6.07, 6.45) is 0. The summed E-state index contributed by atoms with van der Waals surface area (Å²) < 4.78 is 14.4. The highest BCUT2D eigenvalue weighted by atomic mass is 35.5. The molecule has 3 aromatic rings. The quantitative estimate of drug-likeness (QED) is 0.494. The van der Waals surface area contributed by atoms with Crippen molar-refractivity contribution in [1.82, 2.24) is 9.88 Å². The van der Waals surface area contributed by atoms with Crippen LogP contribution in [0.15, 0.2) is 36.4 Å². The lowest BCUT2D eigenvalue weighted by molar-refractivity contribution is 0.0983. The normalized spacial score (nSPS) is 11.0. The summed E-state index contributed by atoms with van der Waals surface area (Å²) in [6.45, 7) is 11.5. The van der Waals surface area contributed by atoms with Gasteiger partial charge in [0, 0.05) is 18.7 Å². The van der Waals surface area contributed by atoms with Gasteiger partial charge >= 0.3 is 0 Å². The molecule has 0 unspecified atom stereocenters. The summed E-state index contributed by atoms with van der Waals surface area (Å²) in [5.41, 5.74) is 3.70. The summed E-state index contributed by atoms with van der Waals surface area (Å²) in [6, 6.07) is 9.89. The second-order valence-electron chi connectivity index (χ2n) is 6.92. The van der Waals surface area contributed by atoms with Gasteiger partial charge in [-0.3, -0.25) is 9.69 Å². The molecule has 0 aliphatic carbocycles. The molecular weight excluding hydrogens is 409 g/mol. The van der Waals surface area contributed by atoms with Crippen molar-refractivity contribution in [2.75, 3.05) is 31.1 Å². The molecule has 1 heterocycles. The fraction of sp³-hybridized carbons (Fsp3) is 0.364. The maximum atomic E-state index is 13.3. The molecule has 0 aliphatic heterocycles. The average molecular weight is 436 g/mol. The minimum absolute atomic E-state index is 0. The van der Waals surface area contributed by atoms with Crippen LogP contribution >= 0.6 is 23.7 Å². The molecule has 0 radical (unpaired) electrons. The molecule has 0 bridgehead atoms. The molecule has 0 saturated carbocycles. The first-order valence-electron chi connectivity index (χ1n) is 9.60. The smallest absolute Gasteiger partial charge is 0.260 e. The molecule has 2 aromatic carbocycles.